The van der Waals surface area contributed by atoms with Crippen LogP contribution in [0.4, 0.5) is 0 Å². The monoisotopic (exact) mass is 157 g/mol. The zero-order chi connectivity index (χ0) is 8.27. The predicted molar refractivity (Wildman–Crippen MR) is 42.5 cm³/mol. The fourth-order valence-corrected chi connectivity index (χ4v) is 1.25. The zero-order valence-corrected chi connectivity index (χ0v) is 7.09. The van der Waals surface area contributed by atoms with E-state index in [1.165, 1.54) is 0 Å². The van der Waals surface area contributed by atoms with Crippen molar-refractivity contribution < 1.29 is 9.53 Å². The number of hydrogen-bond acceptors (Lipinski definition) is 3. The number of carbonyl (C=O) groups excluding carboxylic acids is 1. The Kier molecular flexibility index (Phi) is 3.02. The van der Waals surface area contributed by atoms with Gasteiger partial charge in [-0.3, -0.25) is 4.79 Å². The summed E-state index contributed by atoms with van der Waals surface area (Å²) in [7, 11) is 1.80. The second-order valence-corrected chi connectivity index (χ2v) is 2.97. The topological polar surface area (TPSA) is 38.3 Å². The number of ether oxygens (including phenoxy) is 1. The van der Waals surface area contributed by atoms with Crippen LogP contribution >= 0.6 is 0 Å². The summed E-state index contributed by atoms with van der Waals surface area (Å²) < 4.78 is 5.12. The molecule has 2 atom stereocenters. The van der Waals surface area contributed by atoms with Crippen molar-refractivity contribution in [2.75, 3.05) is 20.3 Å². The van der Waals surface area contributed by atoms with Crippen LogP contribution in [0.1, 0.15) is 13.3 Å². The first-order valence-corrected chi connectivity index (χ1v) is 4.04. The third-order valence-electron chi connectivity index (χ3n) is 2.19. The smallest absolute Gasteiger partial charge is 0.154 e. The average molecular weight is 157 g/mol. The fourth-order valence-electron chi connectivity index (χ4n) is 1.25. The summed E-state index contributed by atoms with van der Waals surface area (Å²) >= 11 is 0. The molecule has 1 aliphatic rings. The van der Waals surface area contributed by atoms with E-state index in [0.717, 1.165) is 13.0 Å². The Morgan fingerprint density at radius 2 is 2.45 bits per heavy atom. The Morgan fingerprint density at radius 1 is 1.73 bits per heavy atom. The first-order valence-electron chi connectivity index (χ1n) is 4.04. The van der Waals surface area contributed by atoms with E-state index in [-0.39, 0.29) is 17.7 Å². The number of Topliss-reactive ketones (excluding diaryl/α,β-unsaturated/α-hetero) is 1. The largest absolute Gasteiger partial charge is 0.381 e. The van der Waals surface area contributed by atoms with Crippen LogP contribution in [0.2, 0.25) is 0 Å². The van der Waals surface area contributed by atoms with Crippen LogP contribution in [-0.4, -0.2) is 32.1 Å². The van der Waals surface area contributed by atoms with Gasteiger partial charge in [0.05, 0.1) is 12.6 Å². The van der Waals surface area contributed by atoms with Crippen LogP contribution < -0.4 is 5.32 Å². The molecule has 11 heavy (non-hydrogen) atoms. The third-order valence-corrected chi connectivity index (χ3v) is 2.19. The highest BCUT2D eigenvalue weighted by molar-refractivity contribution is 5.86. The molecule has 1 N–H and O–H groups in total. The summed E-state index contributed by atoms with van der Waals surface area (Å²) in [6.07, 6.45) is 0.894. The predicted octanol–water partition coefficient (Wildman–Crippen LogP) is 0.200. The maximum atomic E-state index is 11.4. The van der Waals surface area contributed by atoms with Crippen molar-refractivity contribution in [3.8, 4) is 0 Å². The van der Waals surface area contributed by atoms with E-state index < -0.39 is 0 Å². The lowest BCUT2D eigenvalue weighted by Crippen LogP contribution is -2.35. The standard InChI is InChI=1S/C8H15NO2/c1-6(9-2)8(10)7-3-4-11-5-7/h6-7,9H,3-5H2,1-2H3. The molecule has 1 heterocycles. The lowest BCUT2D eigenvalue weighted by Gasteiger charge is -2.12. The molecule has 0 aromatic heterocycles. The minimum Gasteiger partial charge on any atom is -0.381 e. The van der Waals surface area contributed by atoms with Crippen molar-refractivity contribution in [1.82, 2.24) is 5.32 Å². The number of ketones is 1. The molecule has 0 bridgehead atoms. The minimum absolute atomic E-state index is 0.0262. The number of likely N-dealkylation sites (N-methyl/N-ethyl adjacent to an activating group) is 1. The Labute approximate surface area is 67.1 Å². The Balaban J connectivity index is 2.39. The summed E-state index contributed by atoms with van der Waals surface area (Å²) in [5.74, 6) is 0.419. The molecule has 0 spiro atoms. The van der Waals surface area contributed by atoms with Crippen LogP contribution in [0.15, 0.2) is 0 Å². The molecule has 0 aromatic rings. The van der Waals surface area contributed by atoms with Gasteiger partial charge < -0.3 is 10.1 Å². The highest BCUT2D eigenvalue weighted by atomic mass is 16.5. The molecule has 3 nitrogen and oxygen atoms in total. The molecular weight excluding hydrogens is 142 g/mol. The molecule has 0 saturated carbocycles. The van der Waals surface area contributed by atoms with Crippen molar-refractivity contribution in [3.05, 3.63) is 0 Å². The fraction of sp³-hybridized carbons (Fsp3) is 0.875. The van der Waals surface area contributed by atoms with Crippen molar-refractivity contribution in [1.29, 1.82) is 0 Å². The SMILES string of the molecule is CNC(C)C(=O)C1CCOC1. The van der Waals surface area contributed by atoms with Gasteiger partial charge in [-0.05, 0) is 20.4 Å². The maximum Gasteiger partial charge on any atom is 0.154 e. The molecule has 2 unspecified atom stereocenters. The van der Waals surface area contributed by atoms with Gasteiger partial charge in [0.15, 0.2) is 5.78 Å². The van der Waals surface area contributed by atoms with E-state index in [9.17, 15) is 4.79 Å². The van der Waals surface area contributed by atoms with Crippen molar-refractivity contribution >= 4 is 5.78 Å². The molecule has 1 fully saturated rings. The van der Waals surface area contributed by atoms with Crippen molar-refractivity contribution in [2.24, 2.45) is 5.92 Å². The van der Waals surface area contributed by atoms with E-state index in [1.54, 1.807) is 7.05 Å². The van der Waals surface area contributed by atoms with Gasteiger partial charge >= 0.3 is 0 Å². The van der Waals surface area contributed by atoms with E-state index >= 15 is 0 Å². The number of hydrogen-bond donors (Lipinski definition) is 1. The number of rotatable bonds is 3. The van der Waals surface area contributed by atoms with Crippen LogP contribution in [0, 0.1) is 5.92 Å². The van der Waals surface area contributed by atoms with Gasteiger partial charge in [-0.15, -0.1) is 0 Å². The Hall–Kier alpha value is -0.410. The Bertz CT molecular complexity index is 141. The highest BCUT2D eigenvalue weighted by Gasteiger charge is 2.26. The molecule has 0 aromatic carbocycles. The van der Waals surface area contributed by atoms with Gasteiger partial charge in [-0.2, -0.15) is 0 Å². The van der Waals surface area contributed by atoms with Gasteiger partial charge in [-0.1, -0.05) is 0 Å². The Morgan fingerprint density at radius 3 is 2.91 bits per heavy atom. The lowest BCUT2D eigenvalue weighted by molar-refractivity contribution is -0.124. The van der Waals surface area contributed by atoms with Gasteiger partial charge in [0, 0.05) is 12.5 Å². The van der Waals surface area contributed by atoms with Crippen molar-refractivity contribution in [2.45, 2.75) is 19.4 Å². The van der Waals surface area contributed by atoms with E-state index in [2.05, 4.69) is 5.32 Å². The summed E-state index contributed by atoms with van der Waals surface area (Å²) in [5, 5.41) is 2.94. The normalized spacial score (nSPS) is 26.9. The van der Waals surface area contributed by atoms with Crippen LogP contribution in [-0.2, 0) is 9.53 Å². The van der Waals surface area contributed by atoms with Gasteiger partial charge in [0.2, 0.25) is 0 Å². The van der Waals surface area contributed by atoms with E-state index in [4.69, 9.17) is 4.74 Å². The second kappa shape index (κ2) is 3.83. The quantitative estimate of drug-likeness (QED) is 0.636. The summed E-state index contributed by atoms with van der Waals surface area (Å²) in [6, 6.07) is -0.0262. The molecule has 1 aliphatic heterocycles. The minimum atomic E-state index is -0.0262. The molecule has 0 radical (unpaired) electrons. The van der Waals surface area contributed by atoms with Crippen LogP contribution in [0.25, 0.3) is 0 Å². The summed E-state index contributed by atoms with van der Waals surface area (Å²) in [4.78, 5) is 11.4. The zero-order valence-electron chi connectivity index (χ0n) is 7.09. The highest BCUT2D eigenvalue weighted by Crippen LogP contribution is 2.14. The van der Waals surface area contributed by atoms with Crippen LogP contribution in [0.5, 0.6) is 0 Å². The molecular formula is C8H15NO2. The van der Waals surface area contributed by atoms with E-state index in [1.807, 2.05) is 6.92 Å². The molecule has 1 saturated heterocycles. The maximum absolute atomic E-state index is 11.4. The third kappa shape index (κ3) is 2.01. The molecule has 64 valence electrons. The second-order valence-electron chi connectivity index (χ2n) is 2.97. The first kappa shape index (κ1) is 8.68. The lowest BCUT2D eigenvalue weighted by atomic mass is 9.99. The van der Waals surface area contributed by atoms with Gasteiger partial charge in [0.25, 0.3) is 0 Å². The van der Waals surface area contributed by atoms with E-state index in [0.29, 0.717) is 6.61 Å². The molecule has 1 rings (SSSR count). The van der Waals surface area contributed by atoms with Crippen LogP contribution in [0.3, 0.4) is 0 Å². The molecule has 0 aliphatic carbocycles. The van der Waals surface area contributed by atoms with Gasteiger partial charge in [-0.25, -0.2) is 0 Å². The van der Waals surface area contributed by atoms with Gasteiger partial charge in [0.1, 0.15) is 0 Å². The average Bonchev–Trinajstić information content (AvgIpc) is 2.53. The number of carbonyl (C=O) groups is 1. The first-order chi connectivity index (χ1) is 5.25. The van der Waals surface area contributed by atoms with Crippen molar-refractivity contribution in [3.63, 3.8) is 0 Å². The summed E-state index contributed by atoms with van der Waals surface area (Å²) in [5.41, 5.74) is 0. The number of nitrogens with one attached hydrogen (secondary N) is 1. The molecule has 3 heteroatoms. The summed E-state index contributed by atoms with van der Waals surface area (Å²) in [6.45, 7) is 3.25. The molecule has 0 amide bonds.